The fourth-order valence-electron chi connectivity index (χ4n) is 4.69. The van der Waals surface area contributed by atoms with Crippen molar-refractivity contribution in [3.8, 4) is 0 Å². The number of aryl methyl sites for hydroxylation is 3. The molecule has 5 rings (SSSR count). The first-order valence-electron chi connectivity index (χ1n) is 10.2. The van der Waals surface area contributed by atoms with Crippen LogP contribution in [0.2, 0.25) is 0 Å². The van der Waals surface area contributed by atoms with Crippen LogP contribution in [0.5, 0.6) is 0 Å². The van der Waals surface area contributed by atoms with Crippen LogP contribution in [-0.4, -0.2) is 46.7 Å². The third kappa shape index (κ3) is 3.17. The zero-order valence-corrected chi connectivity index (χ0v) is 16.6. The third-order valence-corrected chi connectivity index (χ3v) is 6.41. The van der Waals surface area contributed by atoms with Crippen LogP contribution in [0, 0.1) is 18.8 Å². The molecule has 4 heterocycles. The van der Waals surface area contributed by atoms with Gasteiger partial charge in [-0.1, -0.05) is 18.2 Å². The number of H-pyrrole nitrogens is 1. The van der Waals surface area contributed by atoms with Gasteiger partial charge in [0.1, 0.15) is 5.56 Å². The number of para-hydroxylation sites is 1. The van der Waals surface area contributed by atoms with E-state index in [-0.39, 0.29) is 11.5 Å². The summed E-state index contributed by atoms with van der Waals surface area (Å²) in [6, 6.07) is 10.0. The van der Waals surface area contributed by atoms with Gasteiger partial charge in [-0.05, 0) is 36.6 Å². The number of benzene rings is 1. The largest absolute Gasteiger partial charge is 0.381 e. The number of amides is 1. The molecule has 0 spiro atoms. The van der Waals surface area contributed by atoms with Crippen molar-refractivity contribution < 1.29 is 9.53 Å². The Morgan fingerprint density at radius 1 is 1.17 bits per heavy atom. The van der Waals surface area contributed by atoms with Gasteiger partial charge in [0.25, 0.3) is 11.5 Å². The average Bonchev–Trinajstić information content (AvgIpc) is 3.42. The van der Waals surface area contributed by atoms with E-state index in [1.165, 1.54) is 10.9 Å². The van der Waals surface area contributed by atoms with Gasteiger partial charge in [-0.15, -0.1) is 0 Å². The van der Waals surface area contributed by atoms with Crippen LogP contribution >= 0.6 is 0 Å². The van der Waals surface area contributed by atoms with Crippen molar-refractivity contribution in [3.63, 3.8) is 0 Å². The summed E-state index contributed by atoms with van der Waals surface area (Å²) in [5.74, 6) is 0.683. The van der Waals surface area contributed by atoms with Gasteiger partial charge in [-0.25, -0.2) is 0 Å². The maximum Gasteiger partial charge on any atom is 0.263 e. The molecule has 0 radical (unpaired) electrons. The topological polar surface area (TPSA) is 67.3 Å². The lowest BCUT2D eigenvalue weighted by molar-refractivity contribution is 0.0748. The maximum absolute atomic E-state index is 13.1. The molecule has 2 aliphatic rings. The summed E-state index contributed by atoms with van der Waals surface area (Å²) >= 11 is 0. The molecule has 150 valence electrons. The molecule has 6 nitrogen and oxygen atoms in total. The summed E-state index contributed by atoms with van der Waals surface area (Å²) in [5, 5.41) is 1.18. The second kappa shape index (κ2) is 7.19. The van der Waals surface area contributed by atoms with Crippen molar-refractivity contribution >= 4 is 16.8 Å². The normalized spacial score (nSPS) is 21.1. The number of carbonyl (C=O) groups excluding carboxylic acids is 1. The van der Waals surface area contributed by atoms with E-state index >= 15 is 0 Å². The number of carbonyl (C=O) groups is 1. The lowest BCUT2D eigenvalue weighted by Crippen LogP contribution is -2.37. The molecule has 2 fully saturated rings. The van der Waals surface area contributed by atoms with Gasteiger partial charge in [0.2, 0.25) is 0 Å². The third-order valence-electron chi connectivity index (χ3n) is 6.41. The fourth-order valence-corrected chi connectivity index (χ4v) is 4.69. The number of nitrogens with one attached hydrogen (secondary N) is 1. The lowest BCUT2D eigenvalue weighted by atomic mass is 10.0. The molecule has 0 saturated carbocycles. The minimum absolute atomic E-state index is 0.136. The smallest absolute Gasteiger partial charge is 0.263 e. The van der Waals surface area contributed by atoms with E-state index in [0.29, 0.717) is 37.0 Å². The number of pyridine rings is 1. The Balaban J connectivity index is 1.38. The van der Waals surface area contributed by atoms with E-state index in [4.69, 9.17) is 4.74 Å². The Hall–Kier alpha value is -2.86. The van der Waals surface area contributed by atoms with Gasteiger partial charge >= 0.3 is 0 Å². The molecule has 6 heteroatoms. The van der Waals surface area contributed by atoms with Crippen LogP contribution in [0.3, 0.4) is 0 Å². The van der Waals surface area contributed by atoms with Crippen molar-refractivity contribution in [1.29, 1.82) is 0 Å². The van der Waals surface area contributed by atoms with Gasteiger partial charge in [0.05, 0.1) is 13.2 Å². The Labute approximate surface area is 169 Å². The lowest BCUT2D eigenvalue weighted by Gasteiger charge is -2.19. The molecule has 0 aliphatic carbocycles. The van der Waals surface area contributed by atoms with Crippen LogP contribution in [0.25, 0.3) is 10.9 Å². The van der Waals surface area contributed by atoms with Crippen molar-refractivity contribution in [2.45, 2.75) is 19.9 Å². The second-order valence-electron chi connectivity index (χ2n) is 8.25. The number of ether oxygens (including phenoxy) is 1. The molecule has 0 unspecified atom stereocenters. The Morgan fingerprint density at radius 3 is 2.72 bits per heavy atom. The first-order valence-corrected chi connectivity index (χ1v) is 10.2. The number of rotatable bonds is 4. The van der Waals surface area contributed by atoms with Crippen LogP contribution < -0.4 is 5.56 Å². The highest BCUT2D eigenvalue weighted by Gasteiger charge is 2.40. The number of aromatic nitrogens is 2. The number of fused-ring (bicyclic) bond motifs is 2. The van der Waals surface area contributed by atoms with E-state index in [2.05, 4.69) is 11.1 Å². The first kappa shape index (κ1) is 18.2. The zero-order valence-electron chi connectivity index (χ0n) is 16.6. The van der Waals surface area contributed by atoms with Crippen molar-refractivity contribution in [2.75, 3.05) is 26.3 Å². The Bertz CT molecular complexity index is 1120. The first-order chi connectivity index (χ1) is 14.1. The maximum atomic E-state index is 13.1. The summed E-state index contributed by atoms with van der Waals surface area (Å²) in [4.78, 5) is 31.4. The molecule has 1 N–H and O–H groups in total. The molecule has 2 atom stereocenters. The van der Waals surface area contributed by atoms with Crippen LogP contribution in [-0.2, 0) is 17.7 Å². The highest BCUT2D eigenvalue weighted by atomic mass is 16.5. The predicted molar refractivity (Wildman–Crippen MR) is 111 cm³/mol. The summed E-state index contributed by atoms with van der Waals surface area (Å²) in [5.41, 5.74) is 3.14. The highest BCUT2D eigenvalue weighted by Crippen LogP contribution is 2.30. The van der Waals surface area contributed by atoms with E-state index in [1.807, 2.05) is 42.3 Å². The number of hydrogen-bond donors (Lipinski definition) is 1. The molecule has 2 aliphatic heterocycles. The summed E-state index contributed by atoms with van der Waals surface area (Å²) in [6.07, 6.45) is 4.53. The average molecular weight is 391 g/mol. The molecular weight excluding hydrogens is 366 g/mol. The molecule has 0 bridgehead atoms. The summed E-state index contributed by atoms with van der Waals surface area (Å²) in [7, 11) is 0. The summed E-state index contributed by atoms with van der Waals surface area (Å²) in [6.45, 7) is 5.20. The quantitative estimate of drug-likeness (QED) is 0.743. The van der Waals surface area contributed by atoms with E-state index in [1.54, 1.807) is 10.8 Å². The Morgan fingerprint density at radius 2 is 1.93 bits per heavy atom. The standard InChI is InChI=1S/C23H25N3O3/c1-15-6-8-25(9-7-16-10-24-20-5-3-2-4-19(16)20)22(27)21(15)23(28)26-11-17-13-29-14-18(17)12-26/h2-6,8,10,17-18,24H,7,9,11-14H2,1H3/t17-,18+. The van der Waals surface area contributed by atoms with Gasteiger partial charge in [0, 0.05) is 54.8 Å². The van der Waals surface area contributed by atoms with Crippen molar-refractivity contribution in [3.05, 3.63) is 69.8 Å². The summed E-state index contributed by atoms with van der Waals surface area (Å²) < 4.78 is 7.17. The molecular formula is C23H25N3O3. The number of nitrogens with zero attached hydrogens (tertiary/aromatic N) is 2. The highest BCUT2D eigenvalue weighted by molar-refractivity contribution is 5.95. The van der Waals surface area contributed by atoms with E-state index in [0.717, 1.165) is 30.7 Å². The minimum atomic E-state index is -0.192. The van der Waals surface area contributed by atoms with Crippen LogP contribution in [0.15, 0.2) is 47.5 Å². The molecule has 2 aromatic heterocycles. The minimum Gasteiger partial charge on any atom is -0.381 e. The van der Waals surface area contributed by atoms with Gasteiger partial charge in [-0.2, -0.15) is 0 Å². The Kier molecular flexibility index (Phi) is 4.51. The fraction of sp³-hybridized carbons (Fsp3) is 0.391. The molecule has 29 heavy (non-hydrogen) atoms. The molecule has 2 saturated heterocycles. The van der Waals surface area contributed by atoms with E-state index < -0.39 is 0 Å². The zero-order chi connectivity index (χ0) is 20.0. The van der Waals surface area contributed by atoms with Gasteiger partial charge < -0.3 is 19.2 Å². The SMILES string of the molecule is Cc1ccn(CCc2c[nH]c3ccccc23)c(=O)c1C(=O)N1C[C@H]2COC[C@H]2C1. The number of aromatic amines is 1. The van der Waals surface area contributed by atoms with E-state index in [9.17, 15) is 9.59 Å². The van der Waals surface area contributed by atoms with Crippen molar-refractivity contribution in [2.24, 2.45) is 11.8 Å². The monoisotopic (exact) mass is 391 g/mol. The molecule has 1 amide bonds. The molecule has 3 aromatic rings. The van der Waals surface area contributed by atoms with Gasteiger partial charge in [-0.3, -0.25) is 9.59 Å². The predicted octanol–water partition coefficient (Wildman–Crippen LogP) is 2.60. The molecule has 1 aromatic carbocycles. The number of likely N-dealkylation sites (tertiary alicyclic amines) is 1. The second-order valence-corrected chi connectivity index (χ2v) is 8.25. The van der Waals surface area contributed by atoms with Crippen molar-refractivity contribution in [1.82, 2.24) is 14.5 Å². The van der Waals surface area contributed by atoms with Crippen LogP contribution in [0.1, 0.15) is 21.5 Å². The van der Waals surface area contributed by atoms with Gasteiger partial charge in [0.15, 0.2) is 0 Å². The van der Waals surface area contributed by atoms with Crippen LogP contribution in [0.4, 0.5) is 0 Å². The number of hydrogen-bond acceptors (Lipinski definition) is 3.